The Bertz CT molecular complexity index is 345. The third-order valence-corrected chi connectivity index (χ3v) is 2.69. The van der Waals surface area contributed by atoms with Gasteiger partial charge in [-0.15, -0.1) is 0 Å². The molecule has 1 aromatic rings. The van der Waals surface area contributed by atoms with Crippen molar-refractivity contribution < 1.29 is 4.79 Å². The molecule has 1 fully saturated rings. The van der Waals surface area contributed by atoms with Crippen LogP contribution < -0.4 is 10.6 Å². The molecule has 0 saturated carbocycles. The quantitative estimate of drug-likeness (QED) is 0.786. The molecule has 1 atom stereocenters. The molecule has 2 rings (SSSR count). The van der Waals surface area contributed by atoms with Crippen LogP contribution in [0.5, 0.6) is 0 Å². The lowest BCUT2D eigenvalue weighted by Crippen LogP contribution is -2.31. The van der Waals surface area contributed by atoms with Gasteiger partial charge >= 0.3 is 0 Å². The normalized spacial score (nSPS) is 20.1. The molecular weight excluding hydrogens is 188 g/mol. The Morgan fingerprint density at radius 2 is 2.13 bits per heavy atom. The van der Waals surface area contributed by atoms with E-state index in [9.17, 15) is 4.79 Å². The van der Waals surface area contributed by atoms with Crippen molar-refractivity contribution in [3.8, 4) is 0 Å². The van der Waals surface area contributed by atoms with Crippen LogP contribution in [0.25, 0.3) is 0 Å². The summed E-state index contributed by atoms with van der Waals surface area (Å²) in [5, 5.41) is 6.25. The third kappa shape index (κ3) is 2.72. The van der Waals surface area contributed by atoms with Gasteiger partial charge in [0.2, 0.25) is 5.91 Å². The number of amides is 1. The molecule has 1 amide bonds. The average molecular weight is 204 g/mol. The molecule has 3 heteroatoms. The van der Waals surface area contributed by atoms with Crippen LogP contribution in [0.1, 0.15) is 18.4 Å². The molecule has 2 N–H and O–H groups in total. The van der Waals surface area contributed by atoms with Crippen LogP contribution in [0.15, 0.2) is 24.3 Å². The molecular formula is C12H16N2O. The van der Waals surface area contributed by atoms with Crippen LogP contribution in [0, 0.1) is 6.92 Å². The first kappa shape index (κ1) is 10.0. The van der Waals surface area contributed by atoms with Gasteiger partial charge in [0.15, 0.2) is 0 Å². The number of aryl methyl sites for hydroxylation is 1. The number of benzene rings is 1. The summed E-state index contributed by atoms with van der Waals surface area (Å²) in [7, 11) is 0. The Hall–Kier alpha value is -1.51. The minimum absolute atomic E-state index is 0.172. The lowest BCUT2D eigenvalue weighted by molar-refractivity contribution is -0.119. The SMILES string of the molecule is Cc1ccc(NC[C@@H]2CCC(=O)N2)cc1. The number of carbonyl (C=O) groups is 1. The lowest BCUT2D eigenvalue weighted by Gasteiger charge is -2.12. The molecule has 1 aromatic carbocycles. The molecule has 80 valence electrons. The molecule has 15 heavy (non-hydrogen) atoms. The Kier molecular flexibility index (Phi) is 2.90. The van der Waals surface area contributed by atoms with Crippen LogP contribution in [0.2, 0.25) is 0 Å². The highest BCUT2D eigenvalue weighted by Crippen LogP contribution is 2.11. The van der Waals surface area contributed by atoms with Gasteiger partial charge in [-0.3, -0.25) is 4.79 Å². The van der Waals surface area contributed by atoms with E-state index in [2.05, 4.69) is 41.8 Å². The van der Waals surface area contributed by atoms with Gasteiger partial charge in [0.05, 0.1) is 0 Å². The summed E-state index contributed by atoms with van der Waals surface area (Å²) in [5.74, 6) is 0.172. The van der Waals surface area contributed by atoms with Gasteiger partial charge in [0.25, 0.3) is 0 Å². The van der Waals surface area contributed by atoms with E-state index in [1.165, 1.54) is 5.56 Å². The largest absolute Gasteiger partial charge is 0.383 e. The maximum absolute atomic E-state index is 11.0. The van der Waals surface area contributed by atoms with Gasteiger partial charge < -0.3 is 10.6 Å². The van der Waals surface area contributed by atoms with Crippen molar-refractivity contribution in [2.75, 3.05) is 11.9 Å². The standard InChI is InChI=1S/C12H16N2O/c1-9-2-4-10(5-3-9)13-8-11-6-7-12(15)14-11/h2-5,11,13H,6-8H2,1H3,(H,14,15)/t11-/m0/s1. The van der Waals surface area contributed by atoms with Gasteiger partial charge in [-0.05, 0) is 25.5 Å². The van der Waals surface area contributed by atoms with Crippen molar-refractivity contribution in [3.63, 3.8) is 0 Å². The zero-order valence-electron chi connectivity index (χ0n) is 8.92. The fourth-order valence-corrected chi connectivity index (χ4v) is 1.74. The second-order valence-electron chi connectivity index (χ2n) is 4.05. The summed E-state index contributed by atoms with van der Waals surface area (Å²) in [6.45, 7) is 2.88. The first-order chi connectivity index (χ1) is 7.24. The molecule has 0 aliphatic carbocycles. The Balaban J connectivity index is 1.83. The average Bonchev–Trinajstić information content (AvgIpc) is 2.64. The van der Waals surface area contributed by atoms with E-state index in [4.69, 9.17) is 0 Å². The summed E-state index contributed by atoms with van der Waals surface area (Å²) in [6, 6.07) is 8.57. The Morgan fingerprint density at radius 1 is 1.40 bits per heavy atom. The van der Waals surface area contributed by atoms with Crippen molar-refractivity contribution >= 4 is 11.6 Å². The highest BCUT2D eigenvalue weighted by molar-refractivity contribution is 5.78. The van der Waals surface area contributed by atoms with Crippen LogP contribution in [0.3, 0.4) is 0 Å². The van der Waals surface area contributed by atoms with Gasteiger partial charge in [0, 0.05) is 24.7 Å². The zero-order valence-corrected chi connectivity index (χ0v) is 8.92. The maximum Gasteiger partial charge on any atom is 0.220 e. The minimum atomic E-state index is 0.172. The minimum Gasteiger partial charge on any atom is -0.383 e. The van der Waals surface area contributed by atoms with E-state index in [1.807, 2.05) is 0 Å². The third-order valence-electron chi connectivity index (χ3n) is 2.69. The first-order valence-electron chi connectivity index (χ1n) is 5.34. The monoisotopic (exact) mass is 204 g/mol. The number of rotatable bonds is 3. The molecule has 0 radical (unpaired) electrons. The maximum atomic E-state index is 11.0. The molecule has 1 saturated heterocycles. The van der Waals surface area contributed by atoms with Crippen molar-refractivity contribution in [3.05, 3.63) is 29.8 Å². The van der Waals surface area contributed by atoms with E-state index in [-0.39, 0.29) is 5.91 Å². The molecule has 3 nitrogen and oxygen atoms in total. The smallest absolute Gasteiger partial charge is 0.220 e. The van der Waals surface area contributed by atoms with Crippen LogP contribution >= 0.6 is 0 Å². The van der Waals surface area contributed by atoms with E-state index in [0.29, 0.717) is 12.5 Å². The number of nitrogens with one attached hydrogen (secondary N) is 2. The van der Waals surface area contributed by atoms with Crippen molar-refractivity contribution in [1.82, 2.24) is 5.32 Å². The molecule has 1 heterocycles. The van der Waals surface area contributed by atoms with Crippen LogP contribution in [0.4, 0.5) is 5.69 Å². The zero-order chi connectivity index (χ0) is 10.7. The molecule has 1 aliphatic heterocycles. The second-order valence-corrected chi connectivity index (χ2v) is 4.05. The molecule has 0 unspecified atom stereocenters. The molecule has 0 aromatic heterocycles. The van der Waals surface area contributed by atoms with Crippen molar-refractivity contribution in [2.45, 2.75) is 25.8 Å². The van der Waals surface area contributed by atoms with Crippen LogP contribution in [-0.2, 0) is 4.79 Å². The van der Waals surface area contributed by atoms with Gasteiger partial charge in [0.1, 0.15) is 0 Å². The number of anilines is 1. The van der Waals surface area contributed by atoms with E-state index >= 15 is 0 Å². The molecule has 0 spiro atoms. The van der Waals surface area contributed by atoms with Gasteiger partial charge in [-0.25, -0.2) is 0 Å². The second kappa shape index (κ2) is 4.34. The Morgan fingerprint density at radius 3 is 2.73 bits per heavy atom. The molecule has 0 bridgehead atoms. The summed E-state index contributed by atoms with van der Waals surface area (Å²) in [6.07, 6.45) is 1.61. The fourth-order valence-electron chi connectivity index (χ4n) is 1.74. The van der Waals surface area contributed by atoms with Crippen molar-refractivity contribution in [2.24, 2.45) is 0 Å². The van der Waals surface area contributed by atoms with E-state index in [1.54, 1.807) is 0 Å². The predicted molar refractivity (Wildman–Crippen MR) is 60.8 cm³/mol. The lowest BCUT2D eigenvalue weighted by atomic mass is 10.2. The number of hydrogen-bond donors (Lipinski definition) is 2. The van der Waals surface area contributed by atoms with E-state index in [0.717, 1.165) is 18.7 Å². The summed E-state index contributed by atoms with van der Waals surface area (Å²) in [4.78, 5) is 11.0. The highest BCUT2D eigenvalue weighted by Gasteiger charge is 2.19. The van der Waals surface area contributed by atoms with Crippen molar-refractivity contribution in [1.29, 1.82) is 0 Å². The van der Waals surface area contributed by atoms with Gasteiger partial charge in [-0.1, -0.05) is 17.7 Å². The predicted octanol–water partition coefficient (Wildman–Crippen LogP) is 1.69. The summed E-state index contributed by atoms with van der Waals surface area (Å²) >= 11 is 0. The number of hydrogen-bond acceptors (Lipinski definition) is 2. The first-order valence-corrected chi connectivity index (χ1v) is 5.34. The van der Waals surface area contributed by atoms with E-state index < -0.39 is 0 Å². The Labute approximate surface area is 89.9 Å². The highest BCUT2D eigenvalue weighted by atomic mass is 16.1. The molecule has 1 aliphatic rings. The van der Waals surface area contributed by atoms with Crippen LogP contribution in [-0.4, -0.2) is 18.5 Å². The topological polar surface area (TPSA) is 41.1 Å². The number of carbonyl (C=O) groups excluding carboxylic acids is 1. The van der Waals surface area contributed by atoms with Gasteiger partial charge in [-0.2, -0.15) is 0 Å². The fraction of sp³-hybridized carbons (Fsp3) is 0.417. The summed E-state index contributed by atoms with van der Waals surface area (Å²) < 4.78 is 0. The summed E-state index contributed by atoms with van der Waals surface area (Å²) in [5.41, 5.74) is 2.37.